The van der Waals surface area contributed by atoms with Gasteiger partial charge >= 0.3 is 0 Å². The van der Waals surface area contributed by atoms with Gasteiger partial charge in [0.2, 0.25) is 0 Å². The Bertz CT molecular complexity index is 627. The van der Waals surface area contributed by atoms with E-state index in [2.05, 4.69) is 24.8 Å². The molecule has 1 nitrogen and oxygen atoms in total. The fourth-order valence-corrected chi connectivity index (χ4v) is 2.85. The molecule has 1 aromatic rings. The Kier molecular flexibility index (Phi) is 5.73. The van der Waals surface area contributed by atoms with E-state index in [9.17, 15) is 8.78 Å². The van der Waals surface area contributed by atoms with Gasteiger partial charge in [0.15, 0.2) is 0 Å². The monoisotopic (exact) mass is 299 g/mol. The molecule has 22 heavy (non-hydrogen) atoms. The van der Waals surface area contributed by atoms with Crippen molar-refractivity contribution in [2.24, 2.45) is 11.8 Å². The van der Waals surface area contributed by atoms with Crippen molar-refractivity contribution in [3.63, 3.8) is 0 Å². The molecule has 1 aromatic carbocycles. The topological polar surface area (TPSA) is 23.8 Å². The molecule has 2 rings (SSSR count). The van der Waals surface area contributed by atoms with Crippen LogP contribution in [0, 0.1) is 46.6 Å². The van der Waals surface area contributed by atoms with Crippen LogP contribution in [0.4, 0.5) is 8.78 Å². The standard InChI is InChI=1S/C19H19F2N/c1-2-14-7-9-15(10-8-14)5-3-4-6-16-11-18(20)17(13-22)19(21)12-16/h3,5,11-12,14-15H,2,7-10H2,1H3/b5-3+/t14-,15-. The maximum Gasteiger partial charge on any atom is 0.145 e. The lowest BCUT2D eigenvalue weighted by atomic mass is 9.81. The van der Waals surface area contributed by atoms with Gasteiger partial charge in [-0.1, -0.05) is 31.3 Å². The minimum absolute atomic E-state index is 0.244. The van der Waals surface area contributed by atoms with Crippen LogP contribution >= 0.6 is 0 Å². The first-order valence-corrected chi connectivity index (χ1v) is 7.71. The van der Waals surface area contributed by atoms with Gasteiger partial charge in [-0.3, -0.25) is 0 Å². The number of nitriles is 1. The number of hydrogen-bond donors (Lipinski definition) is 0. The molecule has 0 unspecified atom stereocenters. The predicted octanol–water partition coefficient (Wildman–Crippen LogP) is 4.96. The van der Waals surface area contributed by atoms with Gasteiger partial charge in [-0.2, -0.15) is 5.26 Å². The predicted molar refractivity (Wildman–Crippen MR) is 82.8 cm³/mol. The highest BCUT2D eigenvalue weighted by Gasteiger charge is 2.17. The fraction of sp³-hybridized carbons (Fsp3) is 0.421. The number of allylic oxidation sites excluding steroid dienone is 2. The number of nitrogens with zero attached hydrogens (tertiary/aromatic N) is 1. The van der Waals surface area contributed by atoms with E-state index in [1.165, 1.54) is 38.2 Å². The molecular weight excluding hydrogens is 280 g/mol. The first-order valence-electron chi connectivity index (χ1n) is 7.71. The zero-order chi connectivity index (χ0) is 15.9. The molecule has 0 aromatic heterocycles. The minimum Gasteiger partial charge on any atom is -0.205 e. The van der Waals surface area contributed by atoms with Crippen LogP contribution in [-0.2, 0) is 0 Å². The molecule has 3 heteroatoms. The fourth-order valence-electron chi connectivity index (χ4n) is 2.85. The Labute approximate surface area is 130 Å². The van der Waals surface area contributed by atoms with E-state index >= 15 is 0 Å². The summed E-state index contributed by atoms with van der Waals surface area (Å²) in [6.45, 7) is 2.24. The lowest BCUT2D eigenvalue weighted by molar-refractivity contribution is 0.304. The van der Waals surface area contributed by atoms with Gasteiger partial charge in [-0.05, 0) is 55.7 Å². The average Bonchev–Trinajstić information content (AvgIpc) is 2.52. The Morgan fingerprint density at radius 1 is 1.18 bits per heavy atom. The van der Waals surface area contributed by atoms with Gasteiger partial charge in [0.25, 0.3) is 0 Å². The molecule has 0 atom stereocenters. The van der Waals surface area contributed by atoms with E-state index in [0.29, 0.717) is 5.92 Å². The molecule has 114 valence electrons. The van der Waals surface area contributed by atoms with Crippen molar-refractivity contribution in [1.82, 2.24) is 0 Å². The molecule has 1 aliphatic rings. The van der Waals surface area contributed by atoms with E-state index in [1.54, 1.807) is 6.08 Å². The average molecular weight is 299 g/mol. The van der Waals surface area contributed by atoms with E-state index in [0.717, 1.165) is 18.1 Å². The van der Waals surface area contributed by atoms with Gasteiger partial charge in [0, 0.05) is 5.56 Å². The van der Waals surface area contributed by atoms with Gasteiger partial charge in [-0.25, -0.2) is 8.78 Å². The van der Waals surface area contributed by atoms with Crippen LogP contribution in [0.15, 0.2) is 24.3 Å². The Morgan fingerprint density at radius 2 is 1.82 bits per heavy atom. The van der Waals surface area contributed by atoms with Crippen molar-refractivity contribution in [1.29, 1.82) is 5.26 Å². The molecule has 1 aliphatic carbocycles. The van der Waals surface area contributed by atoms with Gasteiger partial charge < -0.3 is 0 Å². The molecule has 0 amide bonds. The molecule has 0 bridgehead atoms. The van der Waals surface area contributed by atoms with Crippen LogP contribution in [0.3, 0.4) is 0 Å². The largest absolute Gasteiger partial charge is 0.205 e. The van der Waals surface area contributed by atoms with Crippen molar-refractivity contribution in [3.05, 3.63) is 47.0 Å². The van der Waals surface area contributed by atoms with E-state index < -0.39 is 17.2 Å². The number of hydrogen-bond acceptors (Lipinski definition) is 1. The second-order valence-electron chi connectivity index (χ2n) is 5.74. The van der Waals surface area contributed by atoms with Crippen LogP contribution in [0.5, 0.6) is 0 Å². The lowest BCUT2D eigenvalue weighted by Gasteiger charge is -2.25. The summed E-state index contributed by atoms with van der Waals surface area (Å²) in [5.74, 6) is 5.22. The first-order chi connectivity index (χ1) is 10.6. The third-order valence-corrected chi connectivity index (χ3v) is 4.29. The van der Waals surface area contributed by atoms with Gasteiger partial charge in [-0.15, -0.1) is 0 Å². The third-order valence-electron chi connectivity index (χ3n) is 4.29. The molecule has 0 heterocycles. The van der Waals surface area contributed by atoms with Crippen LogP contribution in [-0.4, -0.2) is 0 Å². The summed E-state index contributed by atoms with van der Waals surface area (Å²) in [5, 5.41) is 8.61. The Balaban J connectivity index is 1.97. The molecule has 1 saturated carbocycles. The van der Waals surface area contributed by atoms with E-state index in [-0.39, 0.29) is 5.56 Å². The van der Waals surface area contributed by atoms with Crippen LogP contribution in [0.1, 0.15) is 50.2 Å². The zero-order valence-electron chi connectivity index (χ0n) is 12.7. The van der Waals surface area contributed by atoms with E-state index in [4.69, 9.17) is 5.26 Å². The highest BCUT2D eigenvalue weighted by Crippen LogP contribution is 2.31. The van der Waals surface area contributed by atoms with E-state index in [1.807, 2.05) is 0 Å². The Morgan fingerprint density at radius 3 is 2.36 bits per heavy atom. The SMILES string of the molecule is CC[C@H]1CC[C@H](/C=C/C#Cc2cc(F)c(C#N)c(F)c2)CC1. The number of halogens is 2. The molecule has 0 radical (unpaired) electrons. The quantitative estimate of drug-likeness (QED) is 0.708. The molecular formula is C19H19F2N. The minimum atomic E-state index is -0.867. The zero-order valence-corrected chi connectivity index (χ0v) is 12.7. The maximum absolute atomic E-state index is 13.4. The van der Waals surface area contributed by atoms with Crippen LogP contribution in [0.25, 0.3) is 0 Å². The van der Waals surface area contributed by atoms with Gasteiger partial charge in [0.1, 0.15) is 23.3 Å². The molecule has 0 aliphatic heterocycles. The smallest absolute Gasteiger partial charge is 0.145 e. The summed E-state index contributed by atoms with van der Waals surface area (Å²) < 4.78 is 26.9. The summed E-state index contributed by atoms with van der Waals surface area (Å²) in [4.78, 5) is 0. The van der Waals surface area contributed by atoms with Crippen molar-refractivity contribution in [3.8, 4) is 17.9 Å². The Hall–Kier alpha value is -2.13. The molecule has 1 fully saturated rings. The second-order valence-corrected chi connectivity index (χ2v) is 5.74. The normalized spacial score (nSPS) is 21.2. The maximum atomic E-state index is 13.4. The summed E-state index contributed by atoms with van der Waals surface area (Å²) >= 11 is 0. The summed E-state index contributed by atoms with van der Waals surface area (Å²) in [7, 11) is 0. The third kappa shape index (κ3) is 4.18. The van der Waals surface area contributed by atoms with Gasteiger partial charge in [0.05, 0.1) is 0 Å². The number of benzene rings is 1. The highest BCUT2D eigenvalue weighted by atomic mass is 19.1. The molecule has 0 spiro atoms. The van der Waals surface area contributed by atoms with Crippen molar-refractivity contribution in [2.45, 2.75) is 39.0 Å². The lowest BCUT2D eigenvalue weighted by Crippen LogP contribution is -2.11. The summed E-state index contributed by atoms with van der Waals surface area (Å²) in [6, 6.07) is 3.68. The van der Waals surface area contributed by atoms with Crippen molar-refractivity contribution < 1.29 is 8.78 Å². The summed E-state index contributed by atoms with van der Waals surface area (Å²) in [5.41, 5.74) is -0.317. The second kappa shape index (κ2) is 7.76. The van der Waals surface area contributed by atoms with Crippen molar-refractivity contribution in [2.75, 3.05) is 0 Å². The molecule has 0 saturated heterocycles. The number of rotatable bonds is 2. The highest BCUT2D eigenvalue weighted by molar-refractivity contribution is 5.43. The van der Waals surface area contributed by atoms with Crippen LogP contribution in [0.2, 0.25) is 0 Å². The van der Waals surface area contributed by atoms with Crippen LogP contribution < -0.4 is 0 Å². The first kappa shape index (κ1) is 16.2. The summed E-state index contributed by atoms with van der Waals surface area (Å²) in [6.07, 6.45) is 10.0. The van der Waals surface area contributed by atoms with Crippen molar-refractivity contribution >= 4 is 0 Å². The molecule has 0 N–H and O–H groups in total.